The number of rotatable bonds is 4. The Labute approximate surface area is 171 Å². The van der Waals surface area contributed by atoms with Crippen LogP contribution in [0.1, 0.15) is 25.8 Å². The van der Waals surface area contributed by atoms with Crippen LogP contribution in [-0.4, -0.2) is 5.97 Å². The maximum absolute atomic E-state index is 12.4. The van der Waals surface area contributed by atoms with Crippen LogP contribution in [0.25, 0.3) is 0 Å². The van der Waals surface area contributed by atoms with Gasteiger partial charge in [0.15, 0.2) is 0 Å². The Bertz CT molecular complexity index is 632. The van der Waals surface area contributed by atoms with E-state index >= 15 is 0 Å². The van der Waals surface area contributed by atoms with Crippen molar-refractivity contribution in [3.05, 3.63) is 41.7 Å². The first-order valence-corrected chi connectivity index (χ1v) is 10.1. The van der Waals surface area contributed by atoms with E-state index < -0.39 is 0 Å². The van der Waals surface area contributed by atoms with E-state index in [-0.39, 0.29) is 34.3 Å². The highest BCUT2D eigenvalue weighted by atomic mass is 79.9. The van der Waals surface area contributed by atoms with Gasteiger partial charge >= 0.3 is 5.97 Å². The summed E-state index contributed by atoms with van der Waals surface area (Å²) in [5, 5.41) is 0. The van der Waals surface area contributed by atoms with Gasteiger partial charge in [-0.15, -0.1) is 0 Å². The lowest BCUT2D eigenvalue weighted by Gasteiger charge is -2.49. The molecule has 1 aliphatic carbocycles. The van der Waals surface area contributed by atoms with Crippen molar-refractivity contribution in [1.82, 2.24) is 0 Å². The molecule has 2 atom stereocenters. The van der Waals surface area contributed by atoms with Crippen LogP contribution in [0.5, 0.6) is 0 Å². The third-order valence-electron chi connectivity index (χ3n) is 4.42. The Hall–Kier alpha value is 0.450. The SMILES string of the molecule is CC1(C)C(C=C(Cl)Cl)CC1C(=O)OCc1c(Br)cc(Br)cc1Br. The van der Waals surface area contributed by atoms with Gasteiger partial charge < -0.3 is 4.74 Å². The van der Waals surface area contributed by atoms with Crippen molar-refractivity contribution < 1.29 is 9.53 Å². The molecule has 2 nitrogen and oxygen atoms in total. The normalized spacial score (nSPS) is 22.2. The molecule has 1 aromatic carbocycles. The zero-order valence-corrected chi connectivity index (χ0v) is 18.8. The highest BCUT2D eigenvalue weighted by molar-refractivity contribution is 9.11. The molecule has 0 amide bonds. The highest BCUT2D eigenvalue weighted by Gasteiger charge is 2.51. The van der Waals surface area contributed by atoms with Crippen LogP contribution >= 0.6 is 71.0 Å². The number of esters is 1. The van der Waals surface area contributed by atoms with Crippen molar-refractivity contribution >= 4 is 77.0 Å². The van der Waals surface area contributed by atoms with Gasteiger partial charge in [0, 0.05) is 19.0 Å². The Morgan fingerprint density at radius 1 is 1.30 bits per heavy atom. The van der Waals surface area contributed by atoms with E-state index in [0.717, 1.165) is 19.0 Å². The van der Waals surface area contributed by atoms with Gasteiger partial charge in [0.05, 0.1) is 5.92 Å². The molecule has 1 saturated carbocycles. The second-order valence-electron chi connectivity index (χ2n) is 6.13. The average Bonchev–Trinajstić information content (AvgIpc) is 2.41. The van der Waals surface area contributed by atoms with E-state index in [4.69, 9.17) is 27.9 Å². The molecular formula is C16H15Br3Cl2O2. The van der Waals surface area contributed by atoms with Crippen LogP contribution in [0.15, 0.2) is 36.1 Å². The first-order valence-electron chi connectivity index (χ1n) is 6.95. The van der Waals surface area contributed by atoms with Crippen LogP contribution in [0.3, 0.4) is 0 Å². The number of hydrogen-bond acceptors (Lipinski definition) is 2. The molecule has 1 aliphatic rings. The van der Waals surface area contributed by atoms with Gasteiger partial charge in [0.1, 0.15) is 11.1 Å². The third-order valence-corrected chi connectivity index (χ3v) is 6.54. The van der Waals surface area contributed by atoms with E-state index in [0.29, 0.717) is 6.42 Å². The largest absolute Gasteiger partial charge is 0.460 e. The molecule has 2 rings (SSSR count). The lowest BCUT2D eigenvalue weighted by Crippen LogP contribution is -2.48. The minimum absolute atomic E-state index is 0.149. The fourth-order valence-electron chi connectivity index (χ4n) is 2.75. The molecule has 0 radical (unpaired) electrons. The Morgan fingerprint density at radius 2 is 1.87 bits per heavy atom. The lowest BCUT2D eigenvalue weighted by atomic mass is 9.55. The average molecular weight is 550 g/mol. The van der Waals surface area contributed by atoms with Gasteiger partial charge in [0.25, 0.3) is 0 Å². The molecule has 0 aliphatic heterocycles. The monoisotopic (exact) mass is 546 g/mol. The number of ether oxygens (including phenoxy) is 1. The van der Waals surface area contributed by atoms with Crippen LogP contribution in [0.4, 0.5) is 0 Å². The predicted molar refractivity (Wildman–Crippen MR) is 105 cm³/mol. The Morgan fingerprint density at radius 3 is 2.35 bits per heavy atom. The van der Waals surface area contributed by atoms with E-state index in [9.17, 15) is 4.79 Å². The number of halogens is 5. The summed E-state index contributed by atoms with van der Waals surface area (Å²) in [6.07, 6.45) is 2.51. The van der Waals surface area contributed by atoms with E-state index in [1.165, 1.54) is 0 Å². The number of benzene rings is 1. The molecule has 1 fully saturated rings. The van der Waals surface area contributed by atoms with E-state index in [1.807, 2.05) is 26.0 Å². The first-order chi connectivity index (χ1) is 10.6. The Kier molecular flexibility index (Phi) is 6.68. The van der Waals surface area contributed by atoms with Crippen molar-refractivity contribution in [3.63, 3.8) is 0 Å². The first kappa shape index (κ1) is 19.8. The summed E-state index contributed by atoms with van der Waals surface area (Å²) in [6.45, 7) is 4.29. The van der Waals surface area contributed by atoms with Gasteiger partial charge in [-0.1, -0.05) is 90.9 Å². The molecule has 23 heavy (non-hydrogen) atoms. The summed E-state index contributed by atoms with van der Waals surface area (Å²) >= 11 is 21.8. The van der Waals surface area contributed by atoms with Crippen molar-refractivity contribution in [1.29, 1.82) is 0 Å². The summed E-state index contributed by atoms with van der Waals surface area (Å²) in [6, 6.07) is 3.84. The van der Waals surface area contributed by atoms with Gasteiger partial charge in [0.2, 0.25) is 0 Å². The second kappa shape index (κ2) is 7.77. The Balaban J connectivity index is 2.01. The van der Waals surface area contributed by atoms with Crippen molar-refractivity contribution in [2.24, 2.45) is 17.3 Å². The van der Waals surface area contributed by atoms with Gasteiger partial charge in [-0.2, -0.15) is 0 Å². The van der Waals surface area contributed by atoms with Crippen LogP contribution in [0.2, 0.25) is 0 Å². The zero-order valence-electron chi connectivity index (χ0n) is 12.5. The highest BCUT2D eigenvalue weighted by Crippen LogP contribution is 2.53. The lowest BCUT2D eigenvalue weighted by molar-refractivity contribution is -0.164. The predicted octanol–water partition coefficient (Wildman–Crippen LogP) is 7.00. The molecule has 126 valence electrons. The number of carbonyl (C=O) groups excluding carboxylic acids is 1. The molecule has 0 N–H and O–H groups in total. The van der Waals surface area contributed by atoms with Gasteiger partial charge in [-0.25, -0.2) is 0 Å². The van der Waals surface area contributed by atoms with E-state index in [1.54, 1.807) is 6.08 Å². The summed E-state index contributed by atoms with van der Waals surface area (Å²) < 4.78 is 8.48. The van der Waals surface area contributed by atoms with Crippen LogP contribution < -0.4 is 0 Å². The summed E-state index contributed by atoms with van der Waals surface area (Å²) in [5.41, 5.74) is 0.694. The molecule has 0 aromatic heterocycles. The van der Waals surface area contributed by atoms with Gasteiger partial charge in [-0.05, 0) is 29.9 Å². The molecule has 7 heteroatoms. The summed E-state index contributed by atoms with van der Waals surface area (Å²) in [7, 11) is 0. The number of hydrogen-bond donors (Lipinski definition) is 0. The van der Waals surface area contributed by atoms with Crippen LogP contribution in [0, 0.1) is 17.3 Å². The second-order valence-corrected chi connectivity index (χ2v) is 9.76. The molecule has 2 unspecified atom stereocenters. The molecule has 1 aromatic rings. The minimum atomic E-state index is -0.208. The summed E-state index contributed by atoms with van der Waals surface area (Å²) in [4.78, 5) is 12.4. The van der Waals surface area contributed by atoms with Crippen LogP contribution in [-0.2, 0) is 16.1 Å². The fourth-order valence-corrected chi connectivity index (χ4v) is 5.54. The smallest absolute Gasteiger partial charge is 0.309 e. The van der Waals surface area contributed by atoms with Gasteiger partial charge in [-0.3, -0.25) is 4.79 Å². The van der Waals surface area contributed by atoms with E-state index in [2.05, 4.69) is 47.8 Å². The third kappa shape index (κ3) is 4.55. The maximum Gasteiger partial charge on any atom is 0.309 e. The molecular weight excluding hydrogens is 535 g/mol. The standard InChI is InChI=1S/C16H15Br3Cl2O2/c1-16(2)8(4-14(20)21)3-11(16)15(22)23-7-10-12(18)5-9(17)6-13(10)19/h4-6,8,11H,3,7H2,1-2H3. The van der Waals surface area contributed by atoms with Crippen molar-refractivity contribution in [2.45, 2.75) is 26.9 Å². The quantitative estimate of drug-likeness (QED) is 0.378. The molecule has 0 saturated heterocycles. The maximum atomic E-state index is 12.4. The van der Waals surface area contributed by atoms with Crippen molar-refractivity contribution in [3.8, 4) is 0 Å². The molecule has 0 heterocycles. The number of carbonyl (C=O) groups is 1. The molecule has 0 spiro atoms. The number of allylic oxidation sites excluding steroid dienone is 1. The topological polar surface area (TPSA) is 26.3 Å². The molecule has 0 bridgehead atoms. The fraction of sp³-hybridized carbons (Fsp3) is 0.438. The zero-order chi connectivity index (χ0) is 17.4. The minimum Gasteiger partial charge on any atom is -0.460 e. The van der Waals surface area contributed by atoms with Crippen molar-refractivity contribution in [2.75, 3.05) is 0 Å². The summed E-state index contributed by atoms with van der Waals surface area (Å²) in [5.74, 6) is -0.146.